The molecule has 24 heavy (non-hydrogen) atoms. The summed E-state index contributed by atoms with van der Waals surface area (Å²) in [6.45, 7) is 1.35. The molecule has 0 fully saturated rings. The zero-order valence-corrected chi connectivity index (χ0v) is 13.6. The van der Waals surface area contributed by atoms with Crippen LogP contribution >= 0.6 is 11.3 Å². The highest BCUT2D eigenvalue weighted by Gasteiger charge is 2.14. The van der Waals surface area contributed by atoms with E-state index in [1.165, 1.54) is 17.0 Å². The molecule has 9 heteroatoms. The van der Waals surface area contributed by atoms with E-state index in [0.717, 1.165) is 30.8 Å². The number of hydrogen-bond donors (Lipinski definition) is 2. The topological polar surface area (TPSA) is 97.6 Å². The van der Waals surface area contributed by atoms with Gasteiger partial charge in [0.1, 0.15) is 5.69 Å². The Balaban J connectivity index is 1.33. The van der Waals surface area contributed by atoms with E-state index in [-0.39, 0.29) is 6.03 Å². The van der Waals surface area contributed by atoms with Crippen LogP contribution in [-0.2, 0) is 19.5 Å². The number of amides is 2. The molecule has 122 valence electrons. The molecule has 4 heterocycles. The van der Waals surface area contributed by atoms with Crippen LogP contribution in [-0.4, -0.2) is 31.0 Å². The Kier molecular flexibility index (Phi) is 3.91. The van der Waals surface area contributed by atoms with Crippen LogP contribution in [0.3, 0.4) is 0 Å². The van der Waals surface area contributed by atoms with E-state index in [1.54, 1.807) is 6.20 Å². The van der Waals surface area contributed by atoms with E-state index in [1.807, 2.05) is 28.9 Å². The van der Waals surface area contributed by atoms with Crippen molar-refractivity contribution in [2.24, 2.45) is 0 Å². The molecular formula is C15H15N7OS. The summed E-state index contributed by atoms with van der Waals surface area (Å²) in [6, 6.07) is 7.28. The number of aryl methyl sites for hydroxylation is 2. The molecule has 1 aliphatic rings. The molecule has 2 N–H and O–H groups in total. The Morgan fingerprint density at radius 1 is 1.33 bits per heavy atom. The fourth-order valence-corrected chi connectivity index (χ4v) is 3.30. The minimum Gasteiger partial charge on any atom is -0.332 e. The van der Waals surface area contributed by atoms with Gasteiger partial charge >= 0.3 is 6.03 Å². The molecular weight excluding hydrogens is 326 g/mol. The molecule has 0 atom stereocenters. The number of nitrogens with zero attached hydrogens (tertiary/aromatic N) is 5. The Bertz CT molecular complexity index is 836. The lowest BCUT2D eigenvalue weighted by atomic mass is 10.3. The third-order valence-corrected chi connectivity index (χ3v) is 4.54. The van der Waals surface area contributed by atoms with Gasteiger partial charge in [-0.2, -0.15) is 5.10 Å². The predicted molar refractivity (Wildman–Crippen MR) is 89.5 cm³/mol. The van der Waals surface area contributed by atoms with Gasteiger partial charge < -0.3 is 5.32 Å². The van der Waals surface area contributed by atoms with Crippen molar-refractivity contribution in [3.8, 4) is 10.7 Å². The second-order valence-electron chi connectivity index (χ2n) is 5.39. The molecule has 1 aliphatic heterocycles. The third-order valence-electron chi connectivity index (χ3n) is 3.68. The van der Waals surface area contributed by atoms with E-state index >= 15 is 0 Å². The Hall–Kier alpha value is -2.81. The summed E-state index contributed by atoms with van der Waals surface area (Å²) in [7, 11) is 0. The van der Waals surface area contributed by atoms with Gasteiger partial charge in [0, 0.05) is 18.4 Å². The lowest BCUT2D eigenvalue weighted by Crippen LogP contribution is -2.28. The van der Waals surface area contributed by atoms with Crippen LogP contribution in [0.25, 0.3) is 10.7 Å². The van der Waals surface area contributed by atoms with Gasteiger partial charge in [-0.15, -0.1) is 10.2 Å². The van der Waals surface area contributed by atoms with Gasteiger partial charge in [0.2, 0.25) is 5.13 Å². The van der Waals surface area contributed by atoms with Crippen LogP contribution < -0.4 is 10.6 Å². The number of carbonyl (C=O) groups excluding carboxylic acids is 1. The van der Waals surface area contributed by atoms with E-state index in [2.05, 4.69) is 30.9 Å². The maximum Gasteiger partial charge on any atom is 0.321 e. The van der Waals surface area contributed by atoms with Crippen molar-refractivity contribution < 1.29 is 4.79 Å². The van der Waals surface area contributed by atoms with Crippen LogP contribution in [0.2, 0.25) is 0 Å². The molecule has 0 unspecified atom stereocenters. The molecule has 0 saturated heterocycles. The van der Waals surface area contributed by atoms with E-state index in [4.69, 9.17) is 0 Å². The van der Waals surface area contributed by atoms with Gasteiger partial charge in [-0.3, -0.25) is 15.0 Å². The van der Waals surface area contributed by atoms with E-state index in [9.17, 15) is 4.79 Å². The molecule has 0 radical (unpaired) electrons. The van der Waals surface area contributed by atoms with Crippen molar-refractivity contribution in [3.63, 3.8) is 0 Å². The first-order valence-corrected chi connectivity index (χ1v) is 8.45. The predicted octanol–water partition coefficient (Wildman–Crippen LogP) is 2.06. The largest absolute Gasteiger partial charge is 0.332 e. The first-order chi connectivity index (χ1) is 11.8. The summed E-state index contributed by atoms with van der Waals surface area (Å²) < 4.78 is 2.00. The van der Waals surface area contributed by atoms with Gasteiger partial charge in [0.15, 0.2) is 5.01 Å². The van der Waals surface area contributed by atoms with Gasteiger partial charge in [0.25, 0.3) is 0 Å². The number of fused-ring (bicyclic) bond motifs is 1. The number of urea groups is 1. The quantitative estimate of drug-likeness (QED) is 0.757. The summed E-state index contributed by atoms with van der Waals surface area (Å²) >= 11 is 1.28. The van der Waals surface area contributed by atoms with Gasteiger partial charge in [-0.05, 0) is 31.0 Å². The molecule has 0 saturated carbocycles. The van der Waals surface area contributed by atoms with Gasteiger partial charge in [-0.1, -0.05) is 17.4 Å². The standard InChI is InChI=1S/C15H15N7OS/c23-14(17-9-10-8-11-4-3-7-22(11)21-10)18-15-20-19-13(24-15)12-5-1-2-6-16-12/h1-2,5-6,8H,3-4,7,9H2,(H2,17,18,20,23). The first-order valence-electron chi connectivity index (χ1n) is 7.63. The molecule has 0 aliphatic carbocycles. The van der Waals surface area contributed by atoms with E-state index in [0.29, 0.717) is 16.7 Å². The Morgan fingerprint density at radius 2 is 2.29 bits per heavy atom. The number of pyridine rings is 1. The zero-order chi connectivity index (χ0) is 16.4. The average molecular weight is 341 g/mol. The second-order valence-corrected chi connectivity index (χ2v) is 6.37. The van der Waals surface area contributed by atoms with Crippen molar-refractivity contribution >= 4 is 22.5 Å². The normalized spacial score (nSPS) is 12.8. The summed E-state index contributed by atoms with van der Waals surface area (Å²) in [5, 5.41) is 19.0. The molecule has 8 nitrogen and oxygen atoms in total. The van der Waals surface area contributed by atoms with Gasteiger partial charge in [0.05, 0.1) is 12.2 Å². The molecule has 3 aromatic rings. The lowest BCUT2D eigenvalue weighted by molar-refractivity contribution is 0.251. The molecule has 4 rings (SSSR count). The number of aromatic nitrogens is 5. The fourth-order valence-electron chi connectivity index (χ4n) is 2.58. The van der Waals surface area contributed by atoms with Crippen LogP contribution in [0.15, 0.2) is 30.5 Å². The van der Waals surface area contributed by atoms with Crippen molar-refractivity contribution in [2.75, 3.05) is 5.32 Å². The number of nitrogens with one attached hydrogen (secondary N) is 2. The van der Waals surface area contributed by atoms with Crippen LogP contribution in [0.4, 0.5) is 9.93 Å². The second kappa shape index (κ2) is 6.36. The first kappa shape index (κ1) is 14.8. The monoisotopic (exact) mass is 341 g/mol. The SMILES string of the molecule is O=C(NCc1cc2n(n1)CCC2)Nc1nnc(-c2ccccn2)s1. The minimum absolute atomic E-state index is 0.327. The number of carbonyl (C=O) groups is 1. The van der Waals surface area contributed by atoms with Crippen molar-refractivity contribution in [3.05, 3.63) is 41.9 Å². The van der Waals surface area contributed by atoms with Crippen molar-refractivity contribution in [1.82, 2.24) is 30.3 Å². The van der Waals surface area contributed by atoms with E-state index < -0.39 is 0 Å². The molecule has 0 bridgehead atoms. The average Bonchev–Trinajstić information content (AvgIpc) is 3.29. The highest BCUT2D eigenvalue weighted by atomic mass is 32.1. The zero-order valence-electron chi connectivity index (χ0n) is 12.8. The molecule has 0 aromatic carbocycles. The summed E-state index contributed by atoms with van der Waals surface area (Å²) in [6.07, 6.45) is 3.89. The highest BCUT2D eigenvalue weighted by molar-refractivity contribution is 7.18. The number of rotatable bonds is 4. The smallest absolute Gasteiger partial charge is 0.321 e. The van der Waals surface area contributed by atoms with Gasteiger partial charge in [-0.25, -0.2) is 4.79 Å². The Labute approximate surface area is 142 Å². The highest BCUT2D eigenvalue weighted by Crippen LogP contribution is 2.24. The van der Waals surface area contributed by atoms with Crippen LogP contribution in [0.5, 0.6) is 0 Å². The lowest BCUT2D eigenvalue weighted by Gasteiger charge is -2.02. The number of hydrogen-bond acceptors (Lipinski definition) is 6. The molecule has 2 amide bonds. The van der Waals surface area contributed by atoms with Crippen LogP contribution in [0, 0.1) is 0 Å². The molecule has 0 spiro atoms. The fraction of sp³-hybridized carbons (Fsp3) is 0.267. The minimum atomic E-state index is -0.327. The Morgan fingerprint density at radius 3 is 3.12 bits per heavy atom. The number of anilines is 1. The molecule has 3 aromatic heterocycles. The van der Waals surface area contributed by atoms with Crippen molar-refractivity contribution in [2.45, 2.75) is 25.9 Å². The summed E-state index contributed by atoms with van der Waals surface area (Å²) in [5.74, 6) is 0. The third kappa shape index (κ3) is 3.11. The maximum absolute atomic E-state index is 12.0. The summed E-state index contributed by atoms with van der Waals surface area (Å²) in [5.41, 5.74) is 2.83. The maximum atomic E-state index is 12.0. The van der Waals surface area contributed by atoms with Crippen LogP contribution in [0.1, 0.15) is 17.8 Å². The summed E-state index contributed by atoms with van der Waals surface area (Å²) in [4.78, 5) is 16.2. The van der Waals surface area contributed by atoms with Crippen molar-refractivity contribution in [1.29, 1.82) is 0 Å².